The Morgan fingerprint density at radius 2 is 1.94 bits per heavy atom. The molecule has 1 fully saturated rings. The Labute approximate surface area is 112 Å². The average Bonchev–Trinajstić information content (AvgIpc) is 2.21. The number of amides is 1. The van der Waals surface area contributed by atoms with Crippen LogP contribution in [0.5, 0.6) is 0 Å². The monoisotopic (exact) mass is 319 g/mol. The van der Waals surface area contributed by atoms with Crippen molar-refractivity contribution in [1.82, 2.24) is 5.32 Å². The summed E-state index contributed by atoms with van der Waals surface area (Å²) < 4.78 is 32.4. The first-order valence-electron chi connectivity index (χ1n) is 5.49. The van der Waals surface area contributed by atoms with Crippen molar-refractivity contribution in [2.75, 3.05) is 7.11 Å². The minimum Gasteiger partial charge on any atom is -0.381 e. The Morgan fingerprint density at radius 1 is 1.39 bits per heavy atom. The highest BCUT2D eigenvalue weighted by atomic mass is 79.9. The topological polar surface area (TPSA) is 38.3 Å². The number of hydrogen-bond donors (Lipinski definition) is 1. The molecule has 0 spiro atoms. The highest BCUT2D eigenvalue weighted by Crippen LogP contribution is 2.24. The molecule has 1 aromatic rings. The summed E-state index contributed by atoms with van der Waals surface area (Å²) in [5.41, 5.74) is -0.543. The van der Waals surface area contributed by atoms with Crippen LogP contribution in [0, 0.1) is 11.6 Å². The summed E-state index contributed by atoms with van der Waals surface area (Å²) in [4.78, 5) is 11.7. The second-order valence-electron chi connectivity index (χ2n) is 4.24. The first kappa shape index (κ1) is 13.4. The van der Waals surface area contributed by atoms with Gasteiger partial charge in [-0.1, -0.05) is 15.9 Å². The number of carbonyl (C=O) groups is 1. The van der Waals surface area contributed by atoms with Gasteiger partial charge in [-0.3, -0.25) is 4.79 Å². The lowest BCUT2D eigenvalue weighted by molar-refractivity contribution is 0.0175. The van der Waals surface area contributed by atoms with Crippen molar-refractivity contribution in [3.63, 3.8) is 0 Å². The third kappa shape index (κ3) is 2.70. The molecule has 0 heterocycles. The fourth-order valence-corrected chi connectivity index (χ4v) is 2.29. The Kier molecular flexibility index (Phi) is 3.97. The van der Waals surface area contributed by atoms with Crippen LogP contribution in [0.3, 0.4) is 0 Å². The van der Waals surface area contributed by atoms with E-state index in [1.54, 1.807) is 7.11 Å². The molecule has 98 valence electrons. The van der Waals surface area contributed by atoms with Gasteiger partial charge in [-0.15, -0.1) is 0 Å². The van der Waals surface area contributed by atoms with E-state index >= 15 is 0 Å². The molecule has 1 aliphatic rings. The van der Waals surface area contributed by atoms with E-state index in [0.717, 1.165) is 12.1 Å². The number of benzene rings is 1. The van der Waals surface area contributed by atoms with Gasteiger partial charge in [-0.25, -0.2) is 8.78 Å². The largest absolute Gasteiger partial charge is 0.381 e. The van der Waals surface area contributed by atoms with Gasteiger partial charge in [0.25, 0.3) is 5.91 Å². The molecule has 18 heavy (non-hydrogen) atoms. The summed E-state index contributed by atoms with van der Waals surface area (Å²) in [7, 11) is 1.59. The van der Waals surface area contributed by atoms with E-state index in [2.05, 4.69) is 21.2 Å². The van der Waals surface area contributed by atoms with Crippen molar-refractivity contribution in [2.24, 2.45) is 0 Å². The quantitative estimate of drug-likeness (QED) is 0.930. The molecule has 0 atom stereocenters. The molecular weight excluding hydrogens is 308 g/mol. The standard InChI is InChI=1S/C12H12BrF2NO2/c1-18-8-4-7(5-8)16-12(17)11-9(14)2-6(13)3-10(11)15/h2-3,7-8H,4-5H2,1H3,(H,16,17). The minimum absolute atomic E-state index is 0.0788. The summed E-state index contributed by atoms with van der Waals surface area (Å²) in [6.45, 7) is 0. The molecule has 1 N–H and O–H groups in total. The van der Waals surface area contributed by atoms with E-state index in [1.165, 1.54) is 0 Å². The van der Waals surface area contributed by atoms with Crippen LogP contribution in [0.4, 0.5) is 8.78 Å². The molecule has 0 unspecified atom stereocenters. The van der Waals surface area contributed by atoms with E-state index < -0.39 is 23.1 Å². The van der Waals surface area contributed by atoms with Crippen LogP contribution in [-0.4, -0.2) is 25.2 Å². The maximum absolute atomic E-state index is 13.5. The molecular formula is C12H12BrF2NO2. The lowest BCUT2D eigenvalue weighted by Crippen LogP contribution is -2.47. The SMILES string of the molecule is COC1CC(NC(=O)c2c(F)cc(Br)cc2F)C1. The van der Waals surface area contributed by atoms with Crippen molar-refractivity contribution in [1.29, 1.82) is 0 Å². The van der Waals surface area contributed by atoms with Crippen molar-refractivity contribution in [3.05, 3.63) is 33.8 Å². The van der Waals surface area contributed by atoms with Gasteiger partial charge in [-0.05, 0) is 25.0 Å². The fraction of sp³-hybridized carbons (Fsp3) is 0.417. The Hall–Kier alpha value is -1.01. The lowest BCUT2D eigenvalue weighted by Gasteiger charge is -2.34. The third-order valence-corrected chi connectivity index (χ3v) is 3.46. The highest BCUT2D eigenvalue weighted by molar-refractivity contribution is 9.10. The van der Waals surface area contributed by atoms with E-state index in [0.29, 0.717) is 12.8 Å². The second-order valence-corrected chi connectivity index (χ2v) is 5.16. The molecule has 1 amide bonds. The van der Waals surface area contributed by atoms with Gasteiger partial charge in [0.1, 0.15) is 17.2 Å². The van der Waals surface area contributed by atoms with Crippen molar-refractivity contribution in [3.8, 4) is 0 Å². The smallest absolute Gasteiger partial charge is 0.257 e. The Balaban J connectivity index is 2.06. The van der Waals surface area contributed by atoms with Gasteiger partial charge in [0.2, 0.25) is 0 Å². The zero-order valence-corrected chi connectivity index (χ0v) is 11.3. The molecule has 1 aliphatic carbocycles. The van der Waals surface area contributed by atoms with Gasteiger partial charge in [-0.2, -0.15) is 0 Å². The molecule has 3 nitrogen and oxygen atoms in total. The summed E-state index contributed by atoms with van der Waals surface area (Å²) in [6, 6.07) is 2.05. The number of rotatable bonds is 3. The molecule has 6 heteroatoms. The average molecular weight is 320 g/mol. The van der Waals surface area contributed by atoms with Crippen LogP contribution in [-0.2, 0) is 4.74 Å². The third-order valence-electron chi connectivity index (χ3n) is 3.00. The summed E-state index contributed by atoms with van der Waals surface area (Å²) in [5, 5.41) is 2.58. The van der Waals surface area contributed by atoms with Gasteiger partial charge >= 0.3 is 0 Å². The Bertz CT molecular complexity index is 452. The highest BCUT2D eigenvalue weighted by Gasteiger charge is 2.31. The number of halogens is 3. The van der Waals surface area contributed by atoms with E-state index in [-0.39, 0.29) is 16.6 Å². The molecule has 1 saturated carbocycles. The van der Waals surface area contributed by atoms with E-state index in [9.17, 15) is 13.6 Å². The van der Waals surface area contributed by atoms with Crippen LogP contribution < -0.4 is 5.32 Å². The maximum Gasteiger partial charge on any atom is 0.257 e. The molecule has 0 aliphatic heterocycles. The maximum atomic E-state index is 13.5. The van der Waals surface area contributed by atoms with Crippen LogP contribution in [0.15, 0.2) is 16.6 Å². The van der Waals surface area contributed by atoms with Crippen molar-refractivity contribution >= 4 is 21.8 Å². The molecule has 1 aromatic carbocycles. The zero-order chi connectivity index (χ0) is 13.3. The van der Waals surface area contributed by atoms with Gasteiger partial charge in [0.05, 0.1) is 6.10 Å². The summed E-state index contributed by atoms with van der Waals surface area (Å²) >= 11 is 2.96. The number of methoxy groups -OCH3 is 1. The predicted molar refractivity (Wildman–Crippen MR) is 65.3 cm³/mol. The molecule has 0 aromatic heterocycles. The second kappa shape index (κ2) is 5.32. The van der Waals surface area contributed by atoms with Gasteiger partial charge in [0, 0.05) is 17.6 Å². The number of hydrogen-bond acceptors (Lipinski definition) is 2. The fourth-order valence-electron chi connectivity index (χ4n) is 1.89. The summed E-state index contributed by atoms with van der Waals surface area (Å²) in [5.74, 6) is -2.47. The van der Waals surface area contributed by atoms with Crippen LogP contribution >= 0.6 is 15.9 Å². The summed E-state index contributed by atoms with van der Waals surface area (Å²) in [6.07, 6.45) is 1.46. The number of nitrogens with one attached hydrogen (secondary N) is 1. The molecule has 0 bridgehead atoms. The lowest BCUT2D eigenvalue weighted by atomic mass is 9.89. The van der Waals surface area contributed by atoms with Crippen molar-refractivity contribution < 1.29 is 18.3 Å². The van der Waals surface area contributed by atoms with Gasteiger partial charge < -0.3 is 10.1 Å². The number of carbonyl (C=O) groups excluding carboxylic acids is 1. The predicted octanol–water partition coefficient (Wildman–Crippen LogP) is 2.63. The first-order chi connectivity index (χ1) is 8.51. The van der Waals surface area contributed by atoms with Crippen LogP contribution in [0.2, 0.25) is 0 Å². The Morgan fingerprint density at radius 3 is 2.44 bits per heavy atom. The molecule has 0 radical (unpaired) electrons. The molecule has 0 saturated heterocycles. The zero-order valence-electron chi connectivity index (χ0n) is 9.67. The normalized spacial score (nSPS) is 22.4. The minimum atomic E-state index is -0.873. The number of ether oxygens (including phenoxy) is 1. The van der Waals surface area contributed by atoms with Crippen LogP contribution in [0.1, 0.15) is 23.2 Å². The molecule has 2 rings (SSSR count). The first-order valence-corrected chi connectivity index (χ1v) is 6.28. The van der Waals surface area contributed by atoms with E-state index in [1.807, 2.05) is 0 Å². The van der Waals surface area contributed by atoms with E-state index in [4.69, 9.17) is 4.74 Å². The van der Waals surface area contributed by atoms with Crippen molar-refractivity contribution in [2.45, 2.75) is 25.0 Å². The van der Waals surface area contributed by atoms with Crippen LogP contribution in [0.25, 0.3) is 0 Å². The van der Waals surface area contributed by atoms with Gasteiger partial charge in [0.15, 0.2) is 0 Å².